The van der Waals surface area contributed by atoms with Gasteiger partial charge in [0, 0.05) is 11.0 Å². The maximum atomic E-state index is 13.0. The third kappa shape index (κ3) is 1.87. The van der Waals surface area contributed by atoms with Gasteiger partial charge in [0.05, 0.1) is 6.04 Å². The Morgan fingerprint density at radius 1 is 1.43 bits per heavy atom. The lowest BCUT2D eigenvalue weighted by Gasteiger charge is -2.09. The van der Waals surface area contributed by atoms with Crippen molar-refractivity contribution in [3.63, 3.8) is 0 Å². The molecule has 0 radical (unpaired) electrons. The van der Waals surface area contributed by atoms with E-state index >= 15 is 0 Å². The van der Waals surface area contributed by atoms with Crippen LogP contribution in [0.5, 0.6) is 0 Å². The van der Waals surface area contributed by atoms with Gasteiger partial charge >= 0.3 is 6.03 Å². The predicted molar refractivity (Wildman–Crippen MR) is 53.4 cm³/mol. The Morgan fingerprint density at radius 3 is 2.79 bits per heavy atom. The van der Waals surface area contributed by atoms with Crippen molar-refractivity contribution in [1.29, 1.82) is 0 Å². The highest BCUT2D eigenvalue weighted by atomic mass is 79.9. The summed E-state index contributed by atoms with van der Waals surface area (Å²) in [5, 5.41) is 5.31. The zero-order valence-corrected chi connectivity index (χ0v) is 8.77. The fourth-order valence-electron chi connectivity index (χ4n) is 1.43. The van der Waals surface area contributed by atoms with Gasteiger partial charge in [-0.2, -0.15) is 0 Å². The first kappa shape index (κ1) is 9.45. The van der Waals surface area contributed by atoms with Crippen LogP contribution in [-0.2, 0) is 0 Å². The first-order valence-electron chi connectivity index (χ1n) is 4.15. The van der Waals surface area contributed by atoms with Gasteiger partial charge < -0.3 is 10.6 Å². The zero-order valence-electron chi connectivity index (χ0n) is 7.18. The molecule has 0 bridgehead atoms. The number of rotatable bonds is 1. The summed E-state index contributed by atoms with van der Waals surface area (Å²) in [5.74, 6) is -0.310. The van der Waals surface area contributed by atoms with Gasteiger partial charge in [-0.3, -0.25) is 0 Å². The Labute approximate surface area is 88.8 Å². The van der Waals surface area contributed by atoms with Crippen LogP contribution in [0.3, 0.4) is 0 Å². The van der Waals surface area contributed by atoms with Gasteiger partial charge in [-0.25, -0.2) is 9.18 Å². The van der Waals surface area contributed by atoms with Crippen molar-refractivity contribution in [3.8, 4) is 0 Å². The van der Waals surface area contributed by atoms with Crippen LogP contribution in [0.4, 0.5) is 9.18 Å². The molecule has 1 aliphatic heterocycles. The van der Waals surface area contributed by atoms with Crippen LogP contribution in [0.15, 0.2) is 22.7 Å². The Kier molecular flexibility index (Phi) is 2.41. The first-order chi connectivity index (χ1) is 6.65. The smallest absolute Gasteiger partial charge is 0.315 e. The molecule has 74 valence electrons. The molecule has 14 heavy (non-hydrogen) atoms. The van der Waals surface area contributed by atoms with E-state index in [9.17, 15) is 9.18 Å². The molecule has 0 spiro atoms. The molecule has 1 heterocycles. The zero-order chi connectivity index (χ0) is 10.1. The van der Waals surface area contributed by atoms with Gasteiger partial charge in [-0.1, -0.05) is 15.9 Å². The summed E-state index contributed by atoms with van der Waals surface area (Å²) < 4.78 is 13.7. The minimum atomic E-state index is -0.310. The summed E-state index contributed by atoms with van der Waals surface area (Å²) in [7, 11) is 0. The van der Waals surface area contributed by atoms with Crippen molar-refractivity contribution >= 4 is 22.0 Å². The van der Waals surface area contributed by atoms with E-state index in [1.165, 1.54) is 12.1 Å². The number of hydrogen-bond donors (Lipinski definition) is 2. The van der Waals surface area contributed by atoms with E-state index in [2.05, 4.69) is 26.6 Å². The van der Waals surface area contributed by atoms with E-state index in [1.807, 2.05) is 0 Å². The van der Waals surface area contributed by atoms with Crippen LogP contribution < -0.4 is 10.6 Å². The third-order valence-electron chi connectivity index (χ3n) is 2.06. The lowest BCUT2D eigenvalue weighted by Crippen LogP contribution is -2.21. The molecule has 0 aromatic heterocycles. The van der Waals surface area contributed by atoms with Crippen LogP contribution in [0, 0.1) is 5.82 Å². The summed E-state index contributed by atoms with van der Waals surface area (Å²) in [5.41, 5.74) is 0.759. The van der Waals surface area contributed by atoms with E-state index in [4.69, 9.17) is 0 Å². The molecule has 2 N–H and O–H groups in total. The maximum Gasteiger partial charge on any atom is 0.315 e. The van der Waals surface area contributed by atoms with E-state index in [0.717, 1.165) is 5.56 Å². The topological polar surface area (TPSA) is 41.1 Å². The van der Waals surface area contributed by atoms with Crippen LogP contribution in [0.25, 0.3) is 0 Å². The maximum absolute atomic E-state index is 13.0. The van der Waals surface area contributed by atoms with Gasteiger partial charge in [-0.15, -0.1) is 0 Å². The normalized spacial score (nSPS) is 20.4. The average molecular weight is 259 g/mol. The number of nitrogens with one attached hydrogen (secondary N) is 2. The lowest BCUT2D eigenvalue weighted by molar-refractivity contribution is 0.247. The van der Waals surface area contributed by atoms with Crippen LogP contribution >= 0.6 is 15.9 Å². The highest BCUT2D eigenvalue weighted by Gasteiger charge is 2.21. The van der Waals surface area contributed by atoms with E-state index < -0.39 is 0 Å². The number of amides is 2. The minimum Gasteiger partial charge on any atom is -0.336 e. The highest BCUT2D eigenvalue weighted by molar-refractivity contribution is 9.10. The Balaban J connectivity index is 2.27. The number of halogens is 2. The molecule has 1 aliphatic rings. The summed E-state index contributed by atoms with van der Waals surface area (Å²) in [6, 6.07) is 4.24. The second-order valence-corrected chi connectivity index (χ2v) is 4.03. The molecule has 1 fully saturated rings. The van der Waals surface area contributed by atoms with Gasteiger partial charge in [0.1, 0.15) is 5.82 Å². The molecule has 0 aliphatic carbocycles. The van der Waals surface area contributed by atoms with Gasteiger partial charge in [0.2, 0.25) is 0 Å². The van der Waals surface area contributed by atoms with Crippen molar-refractivity contribution in [2.75, 3.05) is 6.54 Å². The molecule has 5 heteroatoms. The van der Waals surface area contributed by atoms with E-state index in [1.54, 1.807) is 6.07 Å². The molecule has 0 unspecified atom stereocenters. The Morgan fingerprint density at radius 2 is 2.21 bits per heavy atom. The van der Waals surface area contributed by atoms with Gasteiger partial charge in [-0.05, 0) is 23.8 Å². The van der Waals surface area contributed by atoms with Crippen molar-refractivity contribution in [2.24, 2.45) is 0 Å². The Hall–Kier alpha value is -1.10. The summed E-state index contributed by atoms with van der Waals surface area (Å²) in [4.78, 5) is 10.9. The van der Waals surface area contributed by atoms with Gasteiger partial charge in [0.25, 0.3) is 0 Å². The largest absolute Gasteiger partial charge is 0.336 e. The van der Waals surface area contributed by atoms with Crippen molar-refractivity contribution in [2.45, 2.75) is 6.04 Å². The molecule has 1 atom stereocenters. The third-order valence-corrected chi connectivity index (χ3v) is 2.52. The highest BCUT2D eigenvalue weighted by Crippen LogP contribution is 2.21. The summed E-state index contributed by atoms with van der Waals surface area (Å²) >= 11 is 3.20. The number of carbonyl (C=O) groups is 1. The average Bonchev–Trinajstić information content (AvgIpc) is 2.50. The molecule has 1 aromatic carbocycles. The fraction of sp³-hybridized carbons (Fsp3) is 0.222. The van der Waals surface area contributed by atoms with Crippen LogP contribution in [0.1, 0.15) is 11.6 Å². The number of hydrogen-bond acceptors (Lipinski definition) is 1. The van der Waals surface area contributed by atoms with Crippen LogP contribution in [-0.4, -0.2) is 12.6 Å². The SMILES string of the molecule is O=C1NC[C@@H](c2cc(F)cc(Br)c2)N1. The Bertz CT molecular complexity index is 363. The fourth-order valence-corrected chi connectivity index (χ4v) is 1.92. The molecule has 2 amide bonds. The number of urea groups is 1. The van der Waals surface area contributed by atoms with Crippen LogP contribution in [0.2, 0.25) is 0 Å². The van der Waals surface area contributed by atoms with E-state index in [0.29, 0.717) is 11.0 Å². The van der Waals surface area contributed by atoms with Crippen molar-refractivity contribution in [3.05, 3.63) is 34.1 Å². The summed E-state index contributed by atoms with van der Waals surface area (Å²) in [6.45, 7) is 0.495. The molecule has 1 aromatic rings. The standard InChI is InChI=1S/C9H8BrFN2O/c10-6-1-5(2-7(11)3-6)8-4-12-9(14)13-8/h1-3,8H,4H2,(H2,12,13,14)/t8-/m0/s1. The first-order valence-corrected chi connectivity index (χ1v) is 4.95. The lowest BCUT2D eigenvalue weighted by atomic mass is 10.1. The number of benzene rings is 1. The second-order valence-electron chi connectivity index (χ2n) is 3.11. The van der Waals surface area contributed by atoms with Gasteiger partial charge in [0.15, 0.2) is 0 Å². The van der Waals surface area contributed by atoms with E-state index in [-0.39, 0.29) is 17.9 Å². The quantitative estimate of drug-likeness (QED) is 0.795. The number of carbonyl (C=O) groups excluding carboxylic acids is 1. The van der Waals surface area contributed by atoms with Crippen molar-refractivity contribution < 1.29 is 9.18 Å². The molecule has 2 rings (SSSR count). The second kappa shape index (κ2) is 3.57. The molecule has 1 saturated heterocycles. The summed E-state index contributed by atoms with van der Waals surface area (Å²) in [6.07, 6.45) is 0. The molecule has 3 nitrogen and oxygen atoms in total. The predicted octanol–water partition coefficient (Wildman–Crippen LogP) is 1.94. The van der Waals surface area contributed by atoms with Crippen molar-refractivity contribution in [1.82, 2.24) is 10.6 Å². The minimum absolute atomic E-state index is 0.144. The molecule has 0 saturated carbocycles. The molecular weight excluding hydrogens is 251 g/mol. The molecular formula is C9H8BrFN2O. The monoisotopic (exact) mass is 258 g/mol.